The van der Waals surface area contributed by atoms with Gasteiger partial charge in [-0.25, -0.2) is 4.39 Å². The molecule has 0 aliphatic heterocycles. The van der Waals surface area contributed by atoms with Gasteiger partial charge in [-0.15, -0.1) is 19.7 Å². The first-order valence-electron chi connectivity index (χ1n) is 7.04. The zero-order chi connectivity index (χ0) is 15.9. The van der Waals surface area contributed by atoms with Crippen molar-refractivity contribution in [2.45, 2.75) is 18.9 Å². The van der Waals surface area contributed by atoms with Gasteiger partial charge >= 0.3 is 0 Å². The predicted octanol–water partition coefficient (Wildman–Crippen LogP) is 3.62. The van der Waals surface area contributed by atoms with Crippen LogP contribution in [0.5, 0.6) is 0 Å². The first-order chi connectivity index (χ1) is 9.91. The van der Waals surface area contributed by atoms with E-state index in [4.69, 9.17) is 5.73 Å². The largest absolute Gasteiger partial charge is 0.320 e. The van der Waals surface area contributed by atoms with Crippen LogP contribution in [0.3, 0.4) is 0 Å². The Hall–Kier alpha value is -1.71. The van der Waals surface area contributed by atoms with Crippen LogP contribution >= 0.6 is 0 Å². The van der Waals surface area contributed by atoms with E-state index < -0.39 is 5.54 Å². The van der Waals surface area contributed by atoms with E-state index in [2.05, 4.69) is 24.6 Å². The highest BCUT2D eigenvalue weighted by molar-refractivity contribution is 5.27. The molecular weight excluding hydrogens is 263 g/mol. The summed E-state index contributed by atoms with van der Waals surface area (Å²) in [6.07, 6.45) is 4.33. The van der Waals surface area contributed by atoms with Gasteiger partial charge in [0, 0.05) is 19.6 Å². The smallest absolute Gasteiger partial charge is 0.123 e. The molecule has 3 heteroatoms. The van der Waals surface area contributed by atoms with Crippen LogP contribution in [0.2, 0.25) is 0 Å². The van der Waals surface area contributed by atoms with E-state index in [1.54, 1.807) is 12.1 Å². The monoisotopic (exact) mass is 288 g/mol. The molecule has 0 aliphatic rings. The van der Waals surface area contributed by atoms with Gasteiger partial charge in [-0.3, -0.25) is 4.90 Å². The SMILES string of the molecule is C=CCN(CC=C)CC(N)(CC(=C)C)c1ccc(F)cc1. The summed E-state index contributed by atoms with van der Waals surface area (Å²) in [5, 5.41) is 0. The van der Waals surface area contributed by atoms with Crippen molar-refractivity contribution in [2.75, 3.05) is 19.6 Å². The summed E-state index contributed by atoms with van der Waals surface area (Å²) in [6, 6.07) is 6.39. The second-order valence-electron chi connectivity index (χ2n) is 5.57. The Morgan fingerprint density at radius 1 is 1.24 bits per heavy atom. The lowest BCUT2D eigenvalue weighted by atomic mass is 9.84. The van der Waals surface area contributed by atoms with Gasteiger partial charge in [0.2, 0.25) is 0 Å². The molecule has 2 nitrogen and oxygen atoms in total. The molecule has 0 amide bonds. The van der Waals surface area contributed by atoms with Crippen molar-refractivity contribution >= 4 is 0 Å². The van der Waals surface area contributed by atoms with Crippen molar-refractivity contribution in [1.82, 2.24) is 4.90 Å². The topological polar surface area (TPSA) is 29.3 Å². The van der Waals surface area contributed by atoms with Crippen LogP contribution in [-0.4, -0.2) is 24.5 Å². The molecule has 0 bridgehead atoms. The molecule has 0 fully saturated rings. The Labute approximate surface area is 127 Å². The third-order valence-electron chi connectivity index (χ3n) is 3.32. The summed E-state index contributed by atoms with van der Waals surface area (Å²) in [5.74, 6) is -0.259. The van der Waals surface area contributed by atoms with Crippen molar-refractivity contribution in [3.05, 3.63) is 73.1 Å². The normalized spacial score (nSPS) is 13.7. The maximum absolute atomic E-state index is 13.1. The molecule has 0 heterocycles. The molecule has 0 aromatic heterocycles. The zero-order valence-electron chi connectivity index (χ0n) is 12.8. The summed E-state index contributed by atoms with van der Waals surface area (Å²) in [6.45, 7) is 15.6. The molecule has 0 spiro atoms. The molecule has 1 aromatic rings. The van der Waals surface area contributed by atoms with Crippen LogP contribution < -0.4 is 5.73 Å². The van der Waals surface area contributed by atoms with Gasteiger partial charge in [-0.05, 0) is 31.0 Å². The number of benzene rings is 1. The third-order valence-corrected chi connectivity index (χ3v) is 3.32. The fourth-order valence-corrected chi connectivity index (χ4v) is 2.54. The first kappa shape index (κ1) is 17.3. The van der Waals surface area contributed by atoms with Crippen LogP contribution in [0, 0.1) is 5.82 Å². The summed E-state index contributed by atoms with van der Waals surface area (Å²) in [7, 11) is 0. The zero-order valence-corrected chi connectivity index (χ0v) is 12.8. The standard InChI is InChI=1S/C18H25FN2/c1-5-11-21(12-6-2)14-18(20,13-15(3)4)16-7-9-17(19)10-8-16/h5-10H,1-3,11-14,20H2,4H3. The minimum Gasteiger partial charge on any atom is -0.320 e. The molecule has 1 rings (SSSR count). The van der Waals surface area contributed by atoms with Crippen molar-refractivity contribution in [1.29, 1.82) is 0 Å². The maximum atomic E-state index is 13.1. The van der Waals surface area contributed by atoms with Crippen LogP contribution in [0.4, 0.5) is 4.39 Å². The predicted molar refractivity (Wildman–Crippen MR) is 88.5 cm³/mol. The Morgan fingerprint density at radius 2 is 1.76 bits per heavy atom. The van der Waals surface area contributed by atoms with Crippen molar-refractivity contribution in [3.8, 4) is 0 Å². The lowest BCUT2D eigenvalue weighted by molar-refractivity contribution is 0.243. The molecular formula is C18H25FN2. The number of hydrogen-bond acceptors (Lipinski definition) is 2. The van der Waals surface area contributed by atoms with Gasteiger partial charge in [0.15, 0.2) is 0 Å². The van der Waals surface area contributed by atoms with Gasteiger partial charge in [-0.2, -0.15) is 0 Å². The fraction of sp³-hybridized carbons (Fsp3) is 0.333. The average Bonchev–Trinajstić information content (AvgIpc) is 2.38. The van der Waals surface area contributed by atoms with E-state index in [0.717, 1.165) is 24.2 Å². The quantitative estimate of drug-likeness (QED) is 0.703. The molecule has 114 valence electrons. The molecule has 0 aliphatic carbocycles. The molecule has 1 atom stereocenters. The number of hydrogen-bond donors (Lipinski definition) is 1. The molecule has 1 aromatic carbocycles. The molecule has 1 unspecified atom stereocenters. The second kappa shape index (κ2) is 7.91. The number of rotatable bonds is 9. The molecule has 0 radical (unpaired) electrons. The summed E-state index contributed by atoms with van der Waals surface area (Å²) < 4.78 is 13.1. The number of nitrogens with zero attached hydrogens (tertiary/aromatic N) is 1. The summed E-state index contributed by atoms with van der Waals surface area (Å²) in [5.41, 5.74) is 7.94. The average molecular weight is 288 g/mol. The van der Waals surface area contributed by atoms with Crippen LogP contribution in [0.25, 0.3) is 0 Å². The molecule has 0 saturated carbocycles. The second-order valence-corrected chi connectivity index (χ2v) is 5.57. The lowest BCUT2D eigenvalue weighted by Crippen LogP contribution is -2.48. The van der Waals surface area contributed by atoms with Gasteiger partial charge in [-0.1, -0.05) is 29.9 Å². The van der Waals surface area contributed by atoms with Crippen LogP contribution in [-0.2, 0) is 5.54 Å². The third kappa shape index (κ3) is 5.29. The first-order valence-corrected chi connectivity index (χ1v) is 7.04. The van der Waals surface area contributed by atoms with Crippen molar-refractivity contribution in [3.63, 3.8) is 0 Å². The number of nitrogens with two attached hydrogens (primary N) is 1. The minimum atomic E-state index is -0.606. The summed E-state index contributed by atoms with van der Waals surface area (Å²) >= 11 is 0. The van der Waals surface area contributed by atoms with Crippen molar-refractivity contribution < 1.29 is 4.39 Å². The highest BCUT2D eigenvalue weighted by atomic mass is 19.1. The van der Waals surface area contributed by atoms with Gasteiger partial charge < -0.3 is 5.73 Å². The molecule has 2 N–H and O–H groups in total. The Bertz CT molecular complexity index is 482. The highest BCUT2D eigenvalue weighted by Gasteiger charge is 2.29. The van der Waals surface area contributed by atoms with E-state index in [-0.39, 0.29) is 5.82 Å². The van der Waals surface area contributed by atoms with Gasteiger partial charge in [0.05, 0.1) is 5.54 Å². The molecule has 21 heavy (non-hydrogen) atoms. The number of halogens is 1. The van der Waals surface area contributed by atoms with E-state index in [1.807, 2.05) is 19.1 Å². The van der Waals surface area contributed by atoms with Crippen LogP contribution in [0.1, 0.15) is 18.9 Å². The Balaban J connectivity index is 3.06. The van der Waals surface area contributed by atoms with E-state index >= 15 is 0 Å². The van der Waals surface area contributed by atoms with Crippen molar-refractivity contribution in [2.24, 2.45) is 5.73 Å². The maximum Gasteiger partial charge on any atom is 0.123 e. The van der Waals surface area contributed by atoms with E-state index in [1.165, 1.54) is 12.1 Å². The fourth-order valence-electron chi connectivity index (χ4n) is 2.54. The minimum absolute atomic E-state index is 0.259. The van der Waals surface area contributed by atoms with Gasteiger partial charge in [0.1, 0.15) is 5.82 Å². The Kier molecular flexibility index (Phi) is 6.53. The van der Waals surface area contributed by atoms with E-state index in [9.17, 15) is 4.39 Å². The Morgan fingerprint density at radius 3 is 2.19 bits per heavy atom. The van der Waals surface area contributed by atoms with Gasteiger partial charge in [0.25, 0.3) is 0 Å². The van der Waals surface area contributed by atoms with Crippen LogP contribution in [0.15, 0.2) is 61.7 Å². The summed E-state index contributed by atoms with van der Waals surface area (Å²) in [4.78, 5) is 2.16. The lowest BCUT2D eigenvalue weighted by Gasteiger charge is -2.35. The van der Waals surface area contributed by atoms with E-state index in [0.29, 0.717) is 13.0 Å². The highest BCUT2D eigenvalue weighted by Crippen LogP contribution is 2.27. The molecule has 0 saturated heterocycles.